The second kappa shape index (κ2) is 6.84. The van der Waals surface area contributed by atoms with Crippen molar-refractivity contribution in [2.45, 2.75) is 19.3 Å². The number of carboxylic acid groups (broad SMARTS) is 1. The van der Waals surface area contributed by atoms with Crippen LogP contribution >= 0.6 is 0 Å². The summed E-state index contributed by atoms with van der Waals surface area (Å²) in [6.07, 6.45) is 2.40. The molecule has 1 atom stereocenters. The first-order valence-corrected chi connectivity index (χ1v) is 7.63. The minimum Gasteiger partial charge on any atom is -0.481 e. The number of benzene rings is 2. The van der Waals surface area contributed by atoms with E-state index >= 15 is 0 Å². The Morgan fingerprint density at radius 2 is 2.08 bits per heavy atom. The van der Waals surface area contributed by atoms with Gasteiger partial charge in [-0.3, -0.25) is 4.79 Å². The lowest BCUT2D eigenvalue weighted by Crippen LogP contribution is -2.09. The number of oxazole rings is 1. The summed E-state index contributed by atoms with van der Waals surface area (Å²) in [5.41, 5.74) is 1.39. The first-order chi connectivity index (χ1) is 12.0. The van der Waals surface area contributed by atoms with Crippen LogP contribution in [0.4, 0.5) is 8.78 Å². The van der Waals surface area contributed by atoms with Gasteiger partial charge in [0.05, 0.1) is 18.5 Å². The van der Waals surface area contributed by atoms with E-state index in [-0.39, 0.29) is 17.9 Å². The van der Waals surface area contributed by atoms with E-state index in [1.54, 1.807) is 31.2 Å². The van der Waals surface area contributed by atoms with Gasteiger partial charge in [0.25, 0.3) is 0 Å². The average molecular weight is 343 g/mol. The number of carbonyl (C=O) groups is 1. The third kappa shape index (κ3) is 3.57. The Balaban J connectivity index is 2.12. The lowest BCUT2D eigenvalue weighted by atomic mass is 9.91. The Hall–Kier alpha value is -3.02. The highest BCUT2D eigenvalue weighted by molar-refractivity contribution is 5.70. The number of halogens is 2. The molecule has 6 heteroatoms. The van der Waals surface area contributed by atoms with Crippen molar-refractivity contribution in [3.8, 4) is 11.1 Å². The number of hydrogen-bond acceptors (Lipinski definition) is 3. The Labute approximate surface area is 142 Å². The molecule has 0 aliphatic rings. The summed E-state index contributed by atoms with van der Waals surface area (Å²) < 4.78 is 33.8. The van der Waals surface area contributed by atoms with Crippen molar-refractivity contribution in [2.75, 3.05) is 0 Å². The molecule has 0 amide bonds. The van der Waals surface area contributed by atoms with Crippen LogP contribution in [-0.2, 0) is 4.79 Å². The van der Waals surface area contributed by atoms with Crippen LogP contribution in [0.25, 0.3) is 11.1 Å². The zero-order chi connectivity index (χ0) is 18.0. The Morgan fingerprint density at radius 1 is 1.28 bits per heavy atom. The monoisotopic (exact) mass is 343 g/mol. The number of rotatable bonds is 5. The number of nitrogens with zero attached hydrogens (tertiary/aromatic N) is 1. The van der Waals surface area contributed by atoms with Crippen LogP contribution in [0.2, 0.25) is 0 Å². The summed E-state index contributed by atoms with van der Waals surface area (Å²) in [4.78, 5) is 15.2. The fourth-order valence-corrected chi connectivity index (χ4v) is 2.77. The first kappa shape index (κ1) is 16.8. The van der Waals surface area contributed by atoms with Crippen molar-refractivity contribution in [3.63, 3.8) is 0 Å². The summed E-state index contributed by atoms with van der Waals surface area (Å²) >= 11 is 0. The van der Waals surface area contributed by atoms with Crippen LogP contribution in [0.1, 0.15) is 29.4 Å². The quantitative estimate of drug-likeness (QED) is 0.739. The summed E-state index contributed by atoms with van der Waals surface area (Å²) in [6, 6.07) is 8.86. The van der Waals surface area contributed by atoms with Crippen molar-refractivity contribution in [1.29, 1.82) is 0 Å². The Kier molecular flexibility index (Phi) is 4.61. The van der Waals surface area contributed by atoms with E-state index in [1.165, 1.54) is 24.6 Å². The molecule has 0 saturated heterocycles. The standard InChI is InChI=1S/C19H15F2NO3/c1-11-3-2-4-15(18(11)21)12-7-13(9-14(20)8-12)16(10-17(23)24)19-22-5-6-25-19/h2-9,16H,10H2,1H3,(H,23,24). The molecule has 4 nitrogen and oxygen atoms in total. The van der Waals surface area contributed by atoms with E-state index in [2.05, 4.69) is 4.98 Å². The van der Waals surface area contributed by atoms with Crippen LogP contribution in [0.5, 0.6) is 0 Å². The van der Waals surface area contributed by atoms with Gasteiger partial charge in [-0.15, -0.1) is 0 Å². The number of aryl methyl sites for hydroxylation is 1. The SMILES string of the molecule is Cc1cccc(-c2cc(F)cc(C(CC(=O)O)c3ncco3)c2)c1F. The third-order valence-corrected chi connectivity index (χ3v) is 3.95. The molecule has 3 aromatic rings. The first-order valence-electron chi connectivity index (χ1n) is 7.63. The van der Waals surface area contributed by atoms with Crippen molar-refractivity contribution >= 4 is 5.97 Å². The predicted molar refractivity (Wildman–Crippen MR) is 87.1 cm³/mol. The molecule has 0 aliphatic heterocycles. The van der Waals surface area contributed by atoms with Crippen LogP contribution in [0.3, 0.4) is 0 Å². The van der Waals surface area contributed by atoms with Gasteiger partial charge < -0.3 is 9.52 Å². The highest BCUT2D eigenvalue weighted by Crippen LogP contribution is 2.32. The Morgan fingerprint density at radius 3 is 2.76 bits per heavy atom. The van der Waals surface area contributed by atoms with Gasteiger partial charge in [0.15, 0.2) is 0 Å². The van der Waals surface area contributed by atoms with Gasteiger partial charge in [-0.25, -0.2) is 13.8 Å². The summed E-state index contributed by atoms with van der Waals surface area (Å²) in [6.45, 7) is 1.62. The topological polar surface area (TPSA) is 63.3 Å². The number of aliphatic carboxylic acids is 1. The van der Waals surface area contributed by atoms with Gasteiger partial charge in [0.2, 0.25) is 5.89 Å². The molecular formula is C19H15F2NO3. The van der Waals surface area contributed by atoms with Gasteiger partial charge in [0, 0.05) is 5.56 Å². The van der Waals surface area contributed by atoms with E-state index in [0.29, 0.717) is 16.7 Å². The van der Waals surface area contributed by atoms with E-state index in [9.17, 15) is 13.6 Å². The van der Waals surface area contributed by atoms with E-state index in [0.717, 1.165) is 0 Å². The molecule has 2 aromatic carbocycles. The van der Waals surface area contributed by atoms with Gasteiger partial charge in [0.1, 0.15) is 17.9 Å². The molecule has 0 aliphatic carbocycles. The molecule has 128 valence electrons. The predicted octanol–water partition coefficient (Wildman–Crippen LogP) is 4.53. The second-order valence-corrected chi connectivity index (χ2v) is 5.73. The van der Waals surface area contributed by atoms with E-state index in [4.69, 9.17) is 9.52 Å². The van der Waals surface area contributed by atoms with Crippen molar-refractivity contribution in [3.05, 3.63) is 77.5 Å². The maximum Gasteiger partial charge on any atom is 0.304 e. The van der Waals surface area contributed by atoms with E-state index in [1.807, 2.05) is 0 Å². The lowest BCUT2D eigenvalue weighted by molar-refractivity contribution is -0.137. The van der Waals surface area contributed by atoms with Gasteiger partial charge >= 0.3 is 5.97 Å². The van der Waals surface area contributed by atoms with Crippen molar-refractivity contribution < 1.29 is 23.1 Å². The number of carboxylic acids is 1. The van der Waals surface area contributed by atoms with Crippen LogP contribution in [0, 0.1) is 18.6 Å². The highest BCUT2D eigenvalue weighted by Gasteiger charge is 2.23. The van der Waals surface area contributed by atoms with Crippen LogP contribution in [-0.4, -0.2) is 16.1 Å². The number of hydrogen-bond donors (Lipinski definition) is 1. The largest absolute Gasteiger partial charge is 0.481 e. The summed E-state index contributed by atoms with van der Waals surface area (Å²) in [5, 5.41) is 9.16. The fraction of sp³-hybridized carbons (Fsp3) is 0.158. The molecule has 0 saturated carbocycles. The van der Waals surface area contributed by atoms with Gasteiger partial charge in [-0.1, -0.05) is 24.3 Å². The molecule has 25 heavy (non-hydrogen) atoms. The maximum absolute atomic E-state index is 14.4. The van der Waals surface area contributed by atoms with E-state index < -0.39 is 23.5 Å². The molecule has 1 unspecified atom stereocenters. The molecule has 1 N–H and O–H groups in total. The highest BCUT2D eigenvalue weighted by atomic mass is 19.1. The molecule has 0 radical (unpaired) electrons. The van der Waals surface area contributed by atoms with Crippen LogP contribution in [0.15, 0.2) is 53.3 Å². The maximum atomic E-state index is 14.4. The Bertz CT molecular complexity index is 907. The van der Waals surface area contributed by atoms with Crippen LogP contribution < -0.4 is 0 Å². The molecule has 1 aromatic heterocycles. The fourth-order valence-electron chi connectivity index (χ4n) is 2.77. The zero-order valence-electron chi connectivity index (χ0n) is 13.4. The third-order valence-electron chi connectivity index (χ3n) is 3.95. The van der Waals surface area contributed by atoms with Gasteiger partial charge in [-0.05, 0) is 35.7 Å². The molecule has 3 rings (SSSR count). The zero-order valence-corrected chi connectivity index (χ0v) is 13.4. The number of aromatic nitrogens is 1. The normalized spacial score (nSPS) is 12.1. The lowest BCUT2D eigenvalue weighted by Gasteiger charge is -2.14. The van der Waals surface area contributed by atoms with Crippen molar-refractivity contribution in [2.24, 2.45) is 0 Å². The molecular weight excluding hydrogens is 328 g/mol. The summed E-state index contributed by atoms with van der Waals surface area (Å²) in [7, 11) is 0. The molecule has 0 spiro atoms. The minimum absolute atomic E-state index is 0.170. The molecule has 0 bridgehead atoms. The second-order valence-electron chi connectivity index (χ2n) is 5.73. The summed E-state index contributed by atoms with van der Waals surface area (Å²) in [5.74, 6) is -2.70. The van der Waals surface area contributed by atoms with Gasteiger partial charge in [-0.2, -0.15) is 0 Å². The smallest absolute Gasteiger partial charge is 0.304 e. The average Bonchev–Trinajstić information content (AvgIpc) is 3.08. The van der Waals surface area contributed by atoms with Crippen molar-refractivity contribution in [1.82, 2.24) is 4.98 Å². The molecule has 0 fully saturated rings. The minimum atomic E-state index is -1.07. The molecule has 1 heterocycles.